The summed E-state index contributed by atoms with van der Waals surface area (Å²) in [4.78, 5) is 14.1. The number of hydrogen-bond donors (Lipinski definition) is 1. The van der Waals surface area contributed by atoms with Crippen LogP contribution in [0.4, 0.5) is 11.5 Å². The molecule has 0 saturated heterocycles. The van der Waals surface area contributed by atoms with Gasteiger partial charge in [-0.15, -0.1) is 0 Å². The largest absolute Gasteiger partial charge is 0.434 e. The van der Waals surface area contributed by atoms with Crippen molar-refractivity contribution < 1.29 is 9.66 Å². The van der Waals surface area contributed by atoms with Gasteiger partial charge >= 0.3 is 11.6 Å². The summed E-state index contributed by atoms with van der Waals surface area (Å²) in [5.74, 6) is 0.481. The highest BCUT2D eigenvalue weighted by atomic mass is 79.9. The molecule has 0 radical (unpaired) electrons. The number of hydrogen-bond acceptors (Lipinski definition) is 5. The smallest absolute Gasteiger partial charge is 0.331 e. The summed E-state index contributed by atoms with van der Waals surface area (Å²) < 4.78 is 6.23. The van der Waals surface area contributed by atoms with Gasteiger partial charge in [0.1, 0.15) is 11.6 Å². The molecule has 92 valence electrons. The molecule has 2 N–H and O–H groups in total. The van der Waals surface area contributed by atoms with Crippen molar-refractivity contribution >= 4 is 27.4 Å². The molecule has 1 aromatic heterocycles. The number of aromatic nitrogens is 1. The minimum atomic E-state index is -0.569. The molecule has 1 heterocycles. The number of rotatable bonds is 3. The molecule has 0 amide bonds. The zero-order chi connectivity index (χ0) is 13.1. The van der Waals surface area contributed by atoms with Gasteiger partial charge in [-0.05, 0) is 30.3 Å². The second-order valence-corrected chi connectivity index (χ2v) is 4.29. The van der Waals surface area contributed by atoms with Crippen LogP contribution in [0.15, 0.2) is 40.9 Å². The Morgan fingerprint density at radius 3 is 2.50 bits per heavy atom. The van der Waals surface area contributed by atoms with Crippen LogP contribution in [-0.2, 0) is 0 Å². The Balaban J connectivity index is 2.35. The zero-order valence-corrected chi connectivity index (χ0v) is 10.6. The molecule has 0 bridgehead atoms. The predicted molar refractivity (Wildman–Crippen MR) is 69.5 cm³/mol. The minimum Gasteiger partial charge on any atom is -0.434 e. The molecule has 7 heteroatoms. The van der Waals surface area contributed by atoms with E-state index >= 15 is 0 Å². The van der Waals surface area contributed by atoms with Crippen LogP contribution in [0.2, 0.25) is 0 Å². The molecule has 0 aliphatic heterocycles. The molecule has 2 aromatic rings. The lowest BCUT2D eigenvalue weighted by atomic mass is 10.3. The number of nitrogen functional groups attached to an aromatic ring is 1. The molecule has 0 fully saturated rings. The number of nitrogens with zero attached hydrogens (tertiary/aromatic N) is 2. The fourth-order valence-corrected chi connectivity index (χ4v) is 1.54. The highest BCUT2D eigenvalue weighted by Gasteiger charge is 2.17. The van der Waals surface area contributed by atoms with Crippen LogP contribution >= 0.6 is 15.9 Å². The van der Waals surface area contributed by atoms with Crippen LogP contribution in [0.1, 0.15) is 0 Å². The zero-order valence-electron chi connectivity index (χ0n) is 9.04. The van der Waals surface area contributed by atoms with Crippen molar-refractivity contribution in [1.82, 2.24) is 4.98 Å². The maximum Gasteiger partial charge on any atom is 0.331 e. The highest BCUT2D eigenvalue weighted by molar-refractivity contribution is 9.10. The first kappa shape index (κ1) is 12.3. The second kappa shape index (κ2) is 5.01. The summed E-state index contributed by atoms with van der Waals surface area (Å²) in [6.07, 6.45) is 0. The minimum absolute atomic E-state index is 0.123. The van der Waals surface area contributed by atoms with E-state index in [9.17, 15) is 10.1 Å². The Morgan fingerprint density at radius 1 is 1.22 bits per heavy atom. The molecule has 0 atom stereocenters. The van der Waals surface area contributed by atoms with E-state index in [1.807, 2.05) is 0 Å². The molecule has 0 unspecified atom stereocenters. The highest BCUT2D eigenvalue weighted by Crippen LogP contribution is 2.30. The van der Waals surface area contributed by atoms with E-state index in [-0.39, 0.29) is 17.4 Å². The van der Waals surface area contributed by atoms with Crippen molar-refractivity contribution in [3.05, 3.63) is 51.0 Å². The molecular formula is C11H8BrN3O3. The SMILES string of the molecule is Nc1ccc([N+](=O)[O-])c(Oc2ccc(Br)cc2)n1. The number of pyridine rings is 1. The molecule has 0 spiro atoms. The summed E-state index contributed by atoms with van der Waals surface area (Å²) in [6, 6.07) is 9.46. The fraction of sp³-hybridized carbons (Fsp3) is 0. The number of nitrogens with two attached hydrogens (primary N) is 1. The van der Waals surface area contributed by atoms with E-state index in [1.165, 1.54) is 12.1 Å². The average Bonchev–Trinajstić information content (AvgIpc) is 2.32. The van der Waals surface area contributed by atoms with Gasteiger partial charge in [-0.25, -0.2) is 0 Å². The molecule has 0 saturated carbocycles. The first-order chi connectivity index (χ1) is 8.56. The van der Waals surface area contributed by atoms with Crippen LogP contribution in [0.5, 0.6) is 11.6 Å². The number of ether oxygens (including phenoxy) is 1. The van der Waals surface area contributed by atoms with Gasteiger partial charge in [0.15, 0.2) is 0 Å². The van der Waals surface area contributed by atoms with Gasteiger partial charge in [0.2, 0.25) is 0 Å². The Labute approximate surface area is 111 Å². The third-order valence-corrected chi connectivity index (χ3v) is 2.62. The first-order valence-corrected chi connectivity index (χ1v) is 5.70. The lowest BCUT2D eigenvalue weighted by Crippen LogP contribution is -1.98. The third-order valence-electron chi connectivity index (χ3n) is 2.09. The molecule has 0 aliphatic rings. The van der Waals surface area contributed by atoms with Crippen molar-refractivity contribution in [2.45, 2.75) is 0 Å². The van der Waals surface area contributed by atoms with Crippen molar-refractivity contribution in [2.75, 3.05) is 5.73 Å². The van der Waals surface area contributed by atoms with Gasteiger partial charge in [-0.3, -0.25) is 10.1 Å². The lowest BCUT2D eigenvalue weighted by molar-refractivity contribution is -0.386. The molecule has 0 aliphatic carbocycles. The molecule has 18 heavy (non-hydrogen) atoms. The Kier molecular flexibility index (Phi) is 3.42. The summed E-state index contributed by atoms with van der Waals surface area (Å²) >= 11 is 3.28. The predicted octanol–water partition coefficient (Wildman–Crippen LogP) is 3.13. The molecule has 2 rings (SSSR count). The Morgan fingerprint density at radius 2 is 1.89 bits per heavy atom. The number of nitro groups is 1. The van der Waals surface area contributed by atoms with Gasteiger partial charge in [-0.1, -0.05) is 15.9 Å². The maximum atomic E-state index is 10.8. The van der Waals surface area contributed by atoms with E-state index in [0.717, 1.165) is 4.47 Å². The quantitative estimate of drug-likeness (QED) is 0.694. The topological polar surface area (TPSA) is 91.3 Å². The summed E-state index contributed by atoms with van der Waals surface area (Å²) in [7, 11) is 0. The van der Waals surface area contributed by atoms with E-state index in [4.69, 9.17) is 10.5 Å². The average molecular weight is 310 g/mol. The summed E-state index contributed by atoms with van der Waals surface area (Å²) in [5.41, 5.74) is 5.25. The van der Waals surface area contributed by atoms with Gasteiger partial charge < -0.3 is 10.5 Å². The molecular weight excluding hydrogens is 302 g/mol. The molecule has 6 nitrogen and oxygen atoms in total. The van der Waals surface area contributed by atoms with E-state index in [0.29, 0.717) is 5.75 Å². The number of halogens is 1. The lowest BCUT2D eigenvalue weighted by Gasteiger charge is -2.05. The van der Waals surface area contributed by atoms with Gasteiger partial charge in [-0.2, -0.15) is 4.98 Å². The van der Waals surface area contributed by atoms with Gasteiger partial charge in [0.05, 0.1) is 4.92 Å². The summed E-state index contributed by atoms with van der Waals surface area (Å²) in [6.45, 7) is 0. The molecule has 1 aromatic carbocycles. The fourth-order valence-electron chi connectivity index (χ4n) is 1.28. The number of benzene rings is 1. The van der Waals surface area contributed by atoms with Gasteiger partial charge in [0.25, 0.3) is 0 Å². The third kappa shape index (κ3) is 2.75. The standard InChI is InChI=1S/C11H8BrN3O3/c12-7-1-3-8(4-2-7)18-11-9(15(16)17)5-6-10(13)14-11/h1-6H,(H2,13,14). The Hall–Kier alpha value is -2.15. The second-order valence-electron chi connectivity index (χ2n) is 3.37. The maximum absolute atomic E-state index is 10.8. The normalized spacial score (nSPS) is 10.1. The van der Waals surface area contributed by atoms with Crippen molar-refractivity contribution in [2.24, 2.45) is 0 Å². The van der Waals surface area contributed by atoms with Crippen molar-refractivity contribution in [3.8, 4) is 11.6 Å². The van der Waals surface area contributed by atoms with E-state index < -0.39 is 4.92 Å². The summed E-state index contributed by atoms with van der Waals surface area (Å²) in [5, 5.41) is 10.8. The van der Waals surface area contributed by atoms with Crippen LogP contribution in [0, 0.1) is 10.1 Å². The van der Waals surface area contributed by atoms with E-state index in [2.05, 4.69) is 20.9 Å². The van der Waals surface area contributed by atoms with Crippen molar-refractivity contribution in [1.29, 1.82) is 0 Å². The number of anilines is 1. The Bertz CT molecular complexity index is 587. The van der Waals surface area contributed by atoms with E-state index in [1.54, 1.807) is 24.3 Å². The van der Waals surface area contributed by atoms with Crippen molar-refractivity contribution in [3.63, 3.8) is 0 Å². The van der Waals surface area contributed by atoms with Crippen LogP contribution in [0.3, 0.4) is 0 Å². The van der Waals surface area contributed by atoms with Gasteiger partial charge in [0, 0.05) is 10.5 Å². The van der Waals surface area contributed by atoms with Crippen LogP contribution < -0.4 is 10.5 Å². The first-order valence-electron chi connectivity index (χ1n) is 4.90. The van der Waals surface area contributed by atoms with Crippen LogP contribution in [0.25, 0.3) is 0 Å². The van der Waals surface area contributed by atoms with Crippen LogP contribution in [-0.4, -0.2) is 9.91 Å². The monoisotopic (exact) mass is 309 g/mol.